The highest BCUT2D eigenvalue weighted by Crippen LogP contribution is 2.53. The van der Waals surface area contributed by atoms with E-state index in [1.54, 1.807) is 0 Å². The maximum atomic E-state index is 15.6. The van der Waals surface area contributed by atoms with Crippen molar-refractivity contribution in [2.24, 2.45) is 0 Å². The molecule has 0 saturated heterocycles. The largest absolute Gasteiger partial charge is 0.507 e. The molecule has 0 fully saturated rings. The quantitative estimate of drug-likeness (QED) is 0.142. The summed E-state index contributed by atoms with van der Waals surface area (Å²) in [5.41, 5.74) is -13.2. The van der Waals surface area contributed by atoms with Gasteiger partial charge in [-0.15, -0.1) is 0 Å². The van der Waals surface area contributed by atoms with E-state index in [9.17, 15) is 49.7 Å². The molecule has 0 aromatic heterocycles. The standard InChI is InChI=1S/C35H15F13O2/c1-12-23(34(43,44)45)29(40)26(37)21(25(12)36)17-10-13-6-2-4-8-15(13)19(32(17)49)20-16-9-5-3-7-14(16)11-18(33(20)50)22-27(38)30(41)24(35(46,47)48)31(42)28(22)39/h2-11,49-50H,1H3. The molecule has 0 atom stereocenters. The molecule has 6 aromatic carbocycles. The molecule has 0 aliphatic carbocycles. The minimum absolute atomic E-state index is 0.0510. The zero-order valence-electron chi connectivity index (χ0n) is 24.6. The van der Waals surface area contributed by atoms with Crippen molar-refractivity contribution in [2.75, 3.05) is 0 Å². The molecule has 0 amide bonds. The molecule has 2 N–H and O–H groups in total. The van der Waals surface area contributed by atoms with Crippen LogP contribution in [-0.4, -0.2) is 10.2 Å². The van der Waals surface area contributed by atoms with E-state index >= 15 is 17.6 Å². The van der Waals surface area contributed by atoms with Crippen LogP contribution >= 0.6 is 0 Å². The second-order valence-corrected chi connectivity index (χ2v) is 11.1. The van der Waals surface area contributed by atoms with Gasteiger partial charge in [0.1, 0.15) is 28.4 Å². The predicted molar refractivity (Wildman–Crippen MR) is 156 cm³/mol. The van der Waals surface area contributed by atoms with E-state index in [1.165, 1.54) is 48.5 Å². The van der Waals surface area contributed by atoms with Gasteiger partial charge in [-0.05, 0) is 40.6 Å². The van der Waals surface area contributed by atoms with Gasteiger partial charge >= 0.3 is 12.4 Å². The molecule has 15 heteroatoms. The Bertz CT molecular complexity index is 2180. The lowest BCUT2D eigenvalue weighted by Gasteiger charge is -2.21. The summed E-state index contributed by atoms with van der Waals surface area (Å²) >= 11 is 0. The highest BCUT2D eigenvalue weighted by molar-refractivity contribution is 6.14. The van der Waals surface area contributed by atoms with Gasteiger partial charge in [-0.3, -0.25) is 0 Å². The van der Waals surface area contributed by atoms with Gasteiger partial charge in [-0.1, -0.05) is 48.5 Å². The Labute approximate surface area is 271 Å². The lowest BCUT2D eigenvalue weighted by Crippen LogP contribution is -2.16. The number of hydrogen-bond donors (Lipinski definition) is 2. The van der Waals surface area contributed by atoms with Crippen LogP contribution in [0.5, 0.6) is 11.5 Å². The summed E-state index contributed by atoms with van der Waals surface area (Å²) in [7, 11) is 0. The van der Waals surface area contributed by atoms with E-state index < -0.39 is 115 Å². The van der Waals surface area contributed by atoms with Crippen molar-refractivity contribution in [3.63, 3.8) is 0 Å². The molecule has 0 saturated carbocycles. The number of rotatable bonds is 3. The van der Waals surface area contributed by atoms with Gasteiger partial charge < -0.3 is 10.2 Å². The van der Waals surface area contributed by atoms with Crippen LogP contribution in [0.4, 0.5) is 57.1 Å². The summed E-state index contributed by atoms with van der Waals surface area (Å²) in [6, 6.07) is 12.1. The zero-order chi connectivity index (χ0) is 36.8. The molecule has 0 aliphatic heterocycles. The molecule has 0 aliphatic rings. The van der Waals surface area contributed by atoms with Gasteiger partial charge in [0, 0.05) is 27.8 Å². The van der Waals surface area contributed by atoms with Crippen molar-refractivity contribution < 1.29 is 67.3 Å². The average molecular weight is 714 g/mol. The molecule has 258 valence electrons. The maximum Gasteiger partial charge on any atom is 0.422 e. The van der Waals surface area contributed by atoms with Gasteiger partial charge in [0.15, 0.2) is 34.9 Å². The van der Waals surface area contributed by atoms with E-state index in [-0.39, 0.29) is 21.5 Å². The summed E-state index contributed by atoms with van der Waals surface area (Å²) in [6.45, 7) is 0.511. The van der Waals surface area contributed by atoms with Gasteiger partial charge in [-0.25, -0.2) is 30.7 Å². The fraction of sp³-hybridized carbons (Fsp3) is 0.0857. The van der Waals surface area contributed by atoms with Crippen LogP contribution in [0.2, 0.25) is 0 Å². The number of phenols is 2. The Balaban J connectivity index is 1.79. The van der Waals surface area contributed by atoms with E-state index in [2.05, 4.69) is 0 Å². The summed E-state index contributed by atoms with van der Waals surface area (Å²) in [4.78, 5) is 0. The molecule has 2 nitrogen and oxygen atoms in total. The summed E-state index contributed by atoms with van der Waals surface area (Å²) in [5.74, 6) is -20.1. The number of benzene rings is 6. The minimum Gasteiger partial charge on any atom is -0.507 e. The van der Waals surface area contributed by atoms with Gasteiger partial charge in [0.25, 0.3) is 0 Å². The Morgan fingerprint density at radius 1 is 0.440 bits per heavy atom. The topological polar surface area (TPSA) is 40.5 Å². The number of phenolic OH excluding ortho intramolecular Hbond substituents is 2. The molecule has 6 aromatic rings. The Kier molecular flexibility index (Phi) is 7.95. The van der Waals surface area contributed by atoms with E-state index in [0.29, 0.717) is 6.92 Å². The molecule has 0 heterocycles. The molecule has 50 heavy (non-hydrogen) atoms. The molecule has 6 rings (SSSR count). The maximum absolute atomic E-state index is 15.6. The van der Waals surface area contributed by atoms with E-state index in [0.717, 1.165) is 12.1 Å². The Morgan fingerprint density at radius 3 is 1.16 bits per heavy atom. The second-order valence-electron chi connectivity index (χ2n) is 11.1. The van der Waals surface area contributed by atoms with Crippen molar-refractivity contribution in [1.82, 2.24) is 0 Å². The van der Waals surface area contributed by atoms with Gasteiger partial charge in [0.05, 0.1) is 11.1 Å². The summed E-state index contributed by atoms with van der Waals surface area (Å²) in [5, 5.41) is 22.8. The van der Waals surface area contributed by atoms with Crippen LogP contribution in [0.1, 0.15) is 16.7 Å². The molecular formula is C35H15F13O2. The van der Waals surface area contributed by atoms with Crippen molar-refractivity contribution in [2.45, 2.75) is 19.3 Å². The fourth-order valence-electron chi connectivity index (χ4n) is 6.03. The lowest BCUT2D eigenvalue weighted by atomic mass is 9.85. The van der Waals surface area contributed by atoms with Crippen LogP contribution in [-0.2, 0) is 12.4 Å². The second kappa shape index (κ2) is 11.6. The third-order valence-electron chi connectivity index (χ3n) is 8.22. The molecule has 0 spiro atoms. The first-order valence-corrected chi connectivity index (χ1v) is 14.0. The Hall–Kier alpha value is -5.47. The number of halogens is 13. The monoisotopic (exact) mass is 714 g/mol. The third-order valence-corrected chi connectivity index (χ3v) is 8.22. The Morgan fingerprint density at radius 2 is 0.780 bits per heavy atom. The number of hydrogen-bond acceptors (Lipinski definition) is 2. The highest BCUT2D eigenvalue weighted by atomic mass is 19.4. The van der Waals surface area contributed by atoms with Crippen LogP contribution in [0.15, 0.2) is 60.7 Å². The van der Waals surface area contributed by atoms with Gasteiger partial charge in [-0.2, -0.15) is 26.3 Å². The minimum atomic E-state index is -5.89. The van der Waals surface area contributed by atoms with E-state index in [4.69, 9.17) is 0 Å². The van der Waals surface area contributed by atoms with Crippen molar-refractivity contribution in [3.05, 3.63) is 118 Å². The van der Waals surface area contributed by atoms with Gasteiger partial charge in [0.2, 0.25) is 0 Å². The van der Waals surface area contributed by atoms with Crippen molar-refractivity contribution in [3.8, 4) is 44.9 Å². The first kappa shape index (κ1) is 34.4. The predicted octanol–water partition coefficient (Wildman–Crippen LogP) is 11.7. The SMILES string of the molecule is Cc1c(F)c(-c2cc3ccccc3c(-c3c(O)c(-c4c(F)c(F)c(C(F)(F)F)c(F)c4F)cc4ccccc34)c2O)c(F)c(F)c1C(F)(F)F. The summed E-state index contributed by atoms with van der Waals surface area (Å²) in [6.07, 6.45) is -11.4. The first-order chi connectivity index (χ1) is 23.3. The van der Waals surface area contributed by atoms with Crippen LogP contribution in [0.25, 0.3) is 54.9 Å². The smallest absolute Gasteiger partial charge is 0.422 e. The molecule has 0 unspecified atom stereocenters. The normalized spacial score (nSPS) is 12.4. The number of fused-ring (bicyclic) bond motifs is 2. The zero-order valence-corrected chi connectivity index (χ0v) is 24.6. The van der Waals surface area contributed by atoms with Crippen molar-refractivity contribution >= 4 is 21.5 Å². The molecular weight excluding hydrogens is 699 g/mol. The first-order valence-electron chi connectivity index (χ1n) is 14.0. The fourth-order valence-corrected chi connectivity index (χ4v) is 6.03. The lowest BCUT2D eigenvalue weighted by molar-refractivity contribution is -0.143. The van der Waals surface area contributed by atoms with Crippen LogP contribution < -0.4 is 0 Å². The molecule has 0 radical (unpaired) electrons. The third kappa shape index (κ3) is 5.05. The average Bonchev–Trinajstić information content (AvgIpc) is 3.03. The summed E-state index contributed by atoms with van der Waals surface area (Å²) < 4.78 is 187. The van der Waals surface area contributed by atoms with Crippen molar-refractivity contribution in [1.29, 1.82) is 0 Å². The van der Waals surface area contributed by atoms with E-state index in [1.807, 2.05) is 0 Å². The number of aromatic hydroxyl groups is 2. The van der Waals surface area contributed by atoms with Crippen LogP contribution in [0.3, 0.4) is 0 Å². The van der Waals surface area contributed by atoms with Crippen LogP contribution in [0, 0.1) is 47.6 Å². The molecule has 0 bridgehead atoms. The number of alkyl halides is 6. The highest BCUT2D eigenvalue weighted by Gasteiger charge is 2.44.